The maximum Gasteiger partial charge on any atom is 0.338 e. The van der Waals surface area contributed by atoms with Crippen LogP contribution in [0.1, 0.15) is 37.0 Å². The quantitative estimate of drug-likeness (QED) is 0.714. The Bertz CT molecular complexity index is 954. The Kier molecular flexibility index (Phi) is 6.46. The van der Waals surface area contributed by atoms with Gasteiger partial charge in [0.15, 0.2) is 6.10 Å². The molecule has 1 heterocycles. The van der Waals surface area contributed by atoms with Crippen LogP contribution in [0.15, 0.2) is 48.5 Å². The molecule has 1 aliphatic heterocycles. The van der Waals surface area contributed by atoms with Crippen molar-refractivity contribution in [1.29, 1.82) is 0 Å². The maximum atomic E-state index is 12.3. The summed E-state index contributed by atoms with van der Waals surface area (Å²) in [6.45, 7) is 3.56. The average Bonchev–Trinajstić information content (AvgIpc) is 3.15. The van der Waals surface area contributed by atoms with Crippen molar-refractivity contribution < 1.29 is 23.9 Å². The first kappa shape index (κ1) is 21.0. The zero-order valence-electron chi connectivity index (χ0n) is 16.8. The number of hydrogen-bond acceptors (Lipinski definition) is 5. The van der Waals surface area contributed by atoms with E-state index in [-0.39, 0.29) is 11.8 Å². The van der Waals surface area contributed by atoms with Gasteiger partial charge in [0.1, 0.15) is 0 Å². The van der Waals surface area contributed by atoms with Crippen LogP contribution in [0.3, 0.4) is 0 Å². The van der Waals surface area contributed by atoms with Crippen LogP contribution in [0.4, 0.5) is 17.1 Å². The molecule has 3 rings (SSSR count). The minimum atomic E-state index is -1.01. The fraction of sp³-hybridized carbons (Fsp3) is 0.273. The molecule has 2 aromatic rings. The SMILES string of the molecule is CC(=O)Nc1ccc(NC(=O)[C@H](C)OC(=O)c2ccc(N3CCCC3=O)cc2)cc1. The largest absolute Gasteiger partial charge is 0.449 e. The minimum absolute atomic E-state index is 0.0701. The van der Waals surface area contributed by atoms with Gasteiger partial charge in [0, 0.05) is 37.0 Å². The van der Waals surface area contributed by atoms with E-state index in [2.05, 4.69) is 10.6 Å². The Morgan fingerprint density at radius 2 is 1.57 bits per heavy atom. The van der Waals surface area contributed by atoms with E-state index in [1.165, 1.54) is 13.8 Å². The lowest BCUT2D eigenvalue weighted by Gasteiger charge is -2.16. The van der Waals surface area contributed by atoms with Crippen molar-refractivity contribution in [3.63, 3.8) is 0 Å². The molecule has 0 spiro atoms. The Balaban J connectivity index is 1.54. The first-order valence-electron chi connectivity index (χ1n) is 9.63. The van der Waals surface area contributed by atoms with E-state index >= 15 is 0 Å². The zero-order chi connectivity index (χ0) is 21.7. The average molecular weight is 409 g/mol. The van der Waals surface area contributed by atoms with E-state index in [1.54, 1.807) is 53.4 Å². The first-order valence-corrected chi connectivity index (χ1v) is 9.63. The maximum absolute atomic E-state index is 12.3. The Hall–Kier alpha value is -3.68. The number of esters is 1. The number of benzene rings is 2. The number of anilines is 3. The molecule has 156 valence electrons. The summed E-state index contributed by atoms with van der Waals surface area (Å²) < 4.78 is 5.24. The second kappa shape index (κ2) is 9.21. The number of carbonyl (C=O) groups excluding carboxylic acids is 4. The zero-order valence-corrected chi connectivity index (χ0v) is 16.8. The van der Waals surface area contributed by atoms with Gasteiger partial charge >= 0.3 is 5.97 Å². The van der Waals surface area contributed by atoms with Gasteiger partial charge in [0.2, 0.25) is 11.8 Å². The van der Waals surface area contributed by atoms with E-state index in [9.17, 15) is 19.2 Å². The van der Waals surface area contributed by atoms with E-state index < -0.39 is 18.0 Å². The summed E-state index contributed by atoms with van der Waals surface area (Å²) in [5.41, 5.74) is 2.16. The molecule has 0 radical (unpaired) electrons. The van der Waals surface area contributed by atoms with Crippen molar-refractivity contribution in [2.45, 2.75) is 32.8 Å². The van der Waals surface area contributed by atoms with Gasteiger partial charge in [0.25, 0.3) is 5.91 Å². The lowest BCUT2D eigenvalue weighted by atomic mass is 10.2. The third kappa shape index (κ3) is 5.22. The number of amides is 3. The Labute approximate surface area is 174 Å². The smallest absolute Gasteiger partial charge is 0.338 e. The van der Waals surface area contributed by atoms with Gasteiger partial charge in [-0.25, -0.2) is 4.79 Å². The van der Waals surface area contributed by atoms with Gasteiger partial charge in [-0.15, -0.1) is 0 Å². The summed E-state index contributed by atoms with van der Waals surface area (Å²) in [5.74, 6) is -1.22. The lowest BCUT2D eigenvalue weighted by Crippen LogP contribution is -2.30. The van der Waals surface area contributed by atoms with Crippen LogP contribution in [-0.2, 0) is 19.1 Å². The van der Waals surface area contributed by atoms with Crippen molar-refractivity contribution in [3.05, 3.63) is 54.1 Å². The molecule has 30 heavy (non-hydrogen) atoms. The third-order valence-electron chi connectivity index (χ3n) is 4.61. The summed E-state index contributed by atoms with van der Waals surface area (Å²) in [7, 11) is 0. The molecule has 1 atom stereocenters. The summed E-state index contributed by atoms with van der Waals surface area (Å²) in [4.78, 5) is 49.2. The molecule has 2 aromatic carbocycles. The highest BCUT2D eigenvalue weighted by Gasteiger charge is 2.23. The number of ether oxygens (including phenoxy) is 1. The summed E-state index contributed by atoms with van der Waals surface area (Å²) in [6, 6.07) is 13.1. The molecule has 0 aliphatic carbocycles. The van der Waals surface area contributed by atoms with Gasteiger partial charge in [-0.1, -0.05) is 0 Å². The molecule has 2 N–H and O–H groups in total. The predicted octanol–water partition coefficient (Wildman–Crippen LogP) is 2.96. The van der Waals surface area contributed by atoms with Crippen molar-refractivity contribution in [2.75, 3.05) is 22.1 Å². The van der Waals surface area contributed by atoms with E-state index in [1.807, 2.05) is 0 Å². The van der Waals surface area contributed by atoms with Crippen LogP contribution < -0.4 is 15.5 Å². The molecule has 0 unspecified atom stereocenters. The van der Waals surface area contributed by atoms with Gasteiger partial charge < -0.3 is 20.3 Å². The van der Waals surface area contributed by atoms with E-state index in [0.717, 1.165) is 12.1 Å². The molecule has 8 heteroatoms. The van der Waals surface area contributed by atoms with Crippen molar-refractivity contribution >= 4 is 40.8 Å². The van der Waals surface area contributed by atoms with Gasteiger partial charge in [-0.2, -0.15) is 0 Å². The van der Waals surface area contributed by atoms with E-state index in [4.69, 9.17) is 4.74 Å². The molecule has 1 fully saturated rings. The predicted molar refractivity (Wildman–Crippen MR) is 112 cm³/mol. The van der Waals surface area contributed by atoms with Crippen molar-refractivity contribution in [3.8, 4) is 0 Å². The van der Waals surface area contributed by atoms with Gasteiger partial charge in [0.05, 0.1) is 5.56 Å². The molecular weight excluding hydrogens is 386 g/mol. The standard InChI is InChI=1S/C22H23N3O5/c1-14(21(28)24-18-9-7-17(8-10-18)23-15(2)26)30-22(29)16-5-11-19(12-6-16)25-13-3-4-20(25)27/h5-12,14H,3-4,13H2,1-2H3,(H,23,26)(H,24,28)/t14-/m0/s1. The lowest BCUT2D eigenvalue weighted by molar-refractivity contribution is -0.123. The highest BCUT2D eigenvalue weighted by atomic mass is 16.5. The van der Waals surface area contributed by atoms with Gasteiger partial charge in [-0.05, 0) is 61.9 Å². The summed E-state index contributed by atoms with van der Waals surface area (Å²) >= 11 is 0. The molecule has 1 aliphatic rings. The molecule has 8 nitrogen and oxygen atoms in total. The number of hydrogen-bond donors (Lipinski definition) is 2. The number of nitrogens with one attached hydrogen (secondary N) is 2. The molecule has 0 bridgehead atoms. The number of nitrogens with zero attached hydrogens (tertiary/aromatic N) is 1. The molecule has 0 aromatic heterocycles. The normalized spacial score (nSPS) is 14.2. The Morgan fingerprint density at radius 1 is 0.967 bits per heavy atom. The number of rotatable bonds is 6. The van der Waals surface area contributed by atoms with Crippen LogP contribution in [0.2, 0.25) is 0 Å². The Morgan fingerprint density at radius 3 is 2.10 bits per heavy atom. The second-order valence-electron chi connectivity index (χ2n) is 6.99. The molecular formula is C22H23N3O5. The van der Waals surface area contributed by atoms with Crippen molar-refractivity contribution in [1.82, 2.24) is 0 Å². The summed E-state index contributed by atoms with van der Waals surface area (Å²) in [6.07, 6.45) is 0.352. The minimum Gasteiger partial charge on any atom is -0.449 e. The third-order valence-corrected chi connectivity index (χ3v) is 4.61. The van der Waals surface area contributed by atoms with Crippen molar-refractivity contribution in [2.24, 2.45) is 0 Å². The first-order chi connectivity index (χ1) is 14.3. The molecule has 1 saturated heterocycles. The fourth-order valence-corrected chi connectivity index (χ4v) is 3.06. The van der Waals surface area contributed by atoms with Crippen LogP contribution in [-0.4, -0.2) is 36.3 Å². The van der Waals surface area contributed by atoms with Crippen LogP contribution >= 0.6 is 0 Å². The van der Waals surface area contributed by atoms with E-state index in [0.29, 0.717) is 29.9 Å². The highest BCUT2D eigenvalue weighted by Crippen LogP contribution is 2.22. The highest BCUT2D eigenvalue weighted by molar-refractivity contribution is 5.98. The monoisotopic (exact) mass is 409 g/mol. The van der Waals surface area contributed by atoms with Crippen LogP contribution in [0.25, 0.3) is 0 Å². The molecule has 0 saturated carbocycles. The topological polar surface area (TPSA) is 105 Å². The van der Waals surface area contributed by atoms with Gasteiger partial charge in [-0.3, -0.25) is 14.4 Å². The number of carbonyl (C=O) groups is 4. The second-order valence-corrected chi connectivity index (χ2v) is 6.99. The van der Waals surface area contributed by atoms with Crippen LogP contribution in [0, 0.1) is 0 Å². The summed E-state index contributed by atoms with van der Waals surface area (Å²) in [5, 5.41) is 5.29. The van der Waals surface area contributed by atoms with Crippen LogP contribution in [0.5, 0.6) is 0 Å². The molecule has 3 amide bonds. The fourth-order valence-electron chi connectivity index (χ4n) is 3.06.